The van der Waals surface area contributed by atoms with Crippen molar-refractivity contribution in [3.8, 4) is 5.75 Å². The Labute approximate surface area is 162 Å². The van der Waals surface area contributed by atoms with E-state index in [1.165, 1.54) is 4.90 Å². The molecule has 1 atom stereocenters. The first-order valence-electron chi connectivity index (χ1n) is 9.30. The molecule has 0 radical (unpaired) electrons. The van der Waals surface area contributed by atoms with Crippen LogP contribution in [0, 0.1) is 0 Å². The van der Waals surface area contributed by atoms with Gasteiger partial charge in [0.05, 0.1) is 13.1 Å². The minimum absolute atomic E-state index is 0.0685. The molecule has 2 N–H and O–H groups in total. The first-order valence-corrected chi connectivity index (χ1v) is 9.30. The zero-order chi connectivity index (χ0) is 19.5. The number of nitrogens with zero attached hydrogens (tertiary/aromatic N) is 1. The summed E-state index contributed by atoms with van der Waals surface area (Å²) in [6.07, 6.45) is 1.28. The molecule has 4 rings (SSSR count). The maximum atomic E-state index is 12.1. The quantitative estimate of drug-likeness (QED) is 0.781. The number of hydrogen-bond donors (Lipinski definition) is 2. The Morgan fingerprint density at radius 1 is 1.04 bits per heavy atom. The number of anilines is 1. The summed E-state index contributed by atoms with van der Waals surface area (Å²) in [6, 6.07) is 14.7. The van der Waals surface area contributed by atoms with Crippen LogP contribution in [-0.2, 0) is 22.6 Å². The van der Waals surface area contributed by atoms with Crippen molar-refractivity contribution < 1.29 is 19.1 Å². The van der Waals surface area contributed by atoms with Crippen molar-refractivity contribution in [2.75, 3.05) is 11.9 Å². The summed E-state index contributed by atoms with van der Waals surface area (Å²) < 4.78 is 5.80. The van der Waals surface area contributed by atoms with E-state index in [1.807, 2.05) is 24.3 Å². The first-order chi connectivity index (χ1) is 13.6. The summed E-state index contributed by atoms with van der Waals surface area (Å²) in [5.74, 6) is 0.603. The van der Waals surface area contributed by atoms with E-state index >= 15 is 0 Å². The van der Waals surface area contributed by atoms with Crippen molar-refractivity contribution in [1.82, 2.24) is 10.2 Å². The molecule has 4 amide bonds. The minimum Gasteiger partial charge on any atom is -0.488 e. The molecule has 2 aromatic rings. The van der Waals surface area contributed by atoms with Crippen LogP contribution in [0.5, 0.6) is 5.75 Å². The smallest absolute Gasteiger partial charge is 0.319 e. The largest absolute Gasteiger partial charge is 0.488 e. The summed E-state index contributed by atoms with van der Waals surface area (Å²) in [6.45, 7) is 0.682. The molecule has 7 nitrogen and oxygen atoms in total. The van der Waals surface area contributed by atoms with Gasteiger partial charge in [0.15, 0.2) is 0 Å². The number of benzene rings is 2. The van der Waals surface area contributed by atoms with Crippen LogP contribution in [0.25, 0.3) is 0 Å². The lowest BCUT2D eigenvalue weighted by atomic mass is 10.1. The fourth-order valence-electron chi connectivity index (χ4n) is 3.42. The number of fused-ring (bicyclic) bond motifs is 1. The van der Waals surface area contributed by atoms with Crippen LogP contribution in [0.4, 0.5) is 10.5 Å². The summed E-state index contributed by atoms with van der Waals surface area (Å²) in [7, 11) is 0. The zero-order valence-corrected chi connectivity index (χ0v) is 15.3. The molecule has 2 aliphatic heterocycles. The van der Waals surface area contributed by atoms with Gasteiger partial charge < -0.3 is 15.4 Å². The van der Waals surface area contributed by atoms with E-state index < -0.39 is 0 Å². The maximum absolute atomic E-state index is 12.1. The van der Waals surface area contributed by atoms with Gasteiger partial charge in [-0.05, 0) is 29.3 Å². The predicted molar refractivity (Wildman–Crippen MR) is 103 cm³/mol. The van der Waals surface area contributed by atoms with E-state index in [4.69, 9.17) is 4.74 Å². The third-order valence-electron chi connectivity index (χ3n) is 4.91. The molecule has 2 heterocycles. The van der Waals surface area contributed by atoms with E-state index in [1.54, 1.807) is 24.3 Å². The number of amides is 4. The van der Waals surface area contributed by atoms with Crippen molar-refractivity contribution in [3.63, 3.8) is 0 Å². The van der Waals surface area contributed by atoms with Gasteiger partial charge >= 0.3 is 6.03 Å². The van der Waals surface area contributed by atoms with Gasteiger partial charge in [0.2, 0.25) is 11.8 Å². The molecule has 2 aliphatic rings. The zero-order valence-electron chi connectivity index (χ0n) is 15.3. The third-order valence-corrected chi connectivity index (χ3v) is 4.91. The molecule has 7 heteroatoms. The van der Waals surface area contributed by atoms with Crippen molar-refractivity contribution in [3.05, 3.63) is 59.7 Å². The topological polar surface area (TPSA) is 87.7 Å². The van der Waals surface area contributed by atoms with Gasteiger partial charge in [0.25, 0.3) is 0 Å². The lowest BCUT2D eigenvalue weighted by molar-refractivity contribution is -0.139. The third kappa shape index (κ3) is 3.98. The Bertz CT molecular complexity index is 869. The van der Waals surface area contributed by atoms with Crippen LogP contribution in [0.15, 0.2) is 48.5 Å². The van der Waals surface area contributed by atoms with Crippen molar-refractivity contribution in [1.29, 1.82) is 0 Å². The number of hydrogen-bond acceptors (Lipinski definition) is 4. The highest BCUT2D eigenvalue weighted by Gasteiger charge is 2.28. The van der Waals surface area contributed by atoms with Crippen molar-refractivity contribution in [2.45, 2.75) is 31.9 Å². The molecule has 28 heavy (non-hydrogen) atoms. The molecule has 0 spiro atoms. The number of urea groups is 1. The fraction of sp³-hybridized carbons (Fsp3) is 0.286. The molecule has 0 saturated carbocycles. The number of likely N-dealkylation sites (tertiary alicyclic amines) is 1. The number of imide groups is 1. The molecule has 1 fully saturated rings. The number of carbonyl (C=O) groups excluding carboxylic acids is 3. The standard InChI is InChI=1S/C21H21N3O4/c25-19-9-10-20(26)24(19)13-14-5-7-16(8-6-14)23-21(27)22-12-17-11-15-3-1-2-4-18(15)28-17/h1-8,17H,9-13H2,(H2,22,23,27)/t17-/m0/s1. The first kappa shape index (κ1) is 18.0. The monoisotopic (exact) mass is 379 g/mol. The van der Waals surface area contributed by atoms with Gasteiger partial charge in [-0.15, -0.1) is 0 Å². The highest BCUT2D eigenvalue weighted by atomic mass is 16.5. The van der Waals surface area contributed by atoms with Crippen molar-refractivity contribution >= 4 is 23.5 Å². The number of rotatable bonds is 5. The summed E-state index contributed by atoms with van der Waals surface area (Å²) >= 11 is 0. The SMILES string of the molecule is O=C(NC[C@@H]1Cc2ccccc2O1)Nc1ccc(CN2C(=O)CCC2=O)cc1. The Morgan fingerprint density at radius 2 is 1.75 bits per heavy atom. The maximum Gasteiger partial charge on any atom is 0.319 e. The minimum atomic E-state index is -0.308. The van der Waals surface area contributed by atoms with E-state index in [-0.39, 0.29) is 43.3 Å². The predicted octanol–water partition coefficient (Wildman–Crippen LogP) is 2.46. The molecule has 144 valence electrons. The van der Waals surface area contributed by atoms with E-state index in [2.05, 4.69) is 10.6 Å². The van der Waals surface area contributed by atoms with E-state index in [0.29, 0.717) is 12.2 Å². The lowest BCUT2D eigenvalue weighted by Crippen LogP contribution is -2.37. The fourth-order valence-corrected chi connectivity index (χ4v) is 3.42. The number of carbonyl (C=O) groups is 3. The Kier molecular flexibility index (Phi) is 4.97. The molecule has 0 aromatic heterocycles. The van der Waals surface area contributed by atoms with E-state index in [9.17, 15) is 14.4 Å². The van der Waals surface area contributed by atoms with Gasteiger partial charge in [0, 0.05) is 24.9 Å². The average Bonchev–Trinajstić information content (AvgIpc) is 3.25. The molecule has 0 aliphatic carbocycles. The summed E-state index contributed by atoms with van der Waals surface area (Å²) in [5.41, 5.74) is 2.63. The van der Waals surface area contributed by atoms with Crippen LogP contribution in [0.2, 0.25) is 0 Å². The number of para-hydroxylation sites is 1. The molecule has 2 aromatic carbocycles. The molecule has 0 unspecified atom stereocenters. The normalized spacial score (nSPS) is 18.0. The Morgan fingerprint density at radius 3 is 2.46 bits per heavy atom. The highest BCUT2D eigenvalue weighted by Crippen LogP contribution is 2.27. The van der Waals surface area contributed by atoms with Gasteiger partial charge in [-0.2, -0.15) is 0 Å². The van der Waals surface area contributed by atoms with E-state index in [0.717, 1.165) is 23.3 Å². The van der Waals surface area contributed by atoms with Crippen LogP contribution in [0.3, 0.4) is 0 Å². The average molecular weight is 379 g/mol. The Balaban J connectivity index is 1.25. The molecule has 0 bridgehead atoms. The van der Waals surface area contributed by atoms with Crippen molar-refractivity contribution in [2.24, 2.45) is 0 Å². The molecule has 1 saturated heterocycles. The summed E-state index contributed by atoms with van der Waals surface area (Å²) in [4.78, 5) is 36.8. The summed E-state index contributed by atoms with van der Waals surface area (Å²) in [5, 5.41) is 5.59. The second kappa shape index (κ2) is 7.72. The molecular weight excluding hydrogens is 358 g/mol. The lowest BCUT2D eigenvalue weighted by Gasteiger charge is -2.15. The van der Waals surface area contributed by atoms with Crippen LogP contribution < -0.4 is 15.4 Å². The van der Waals surface area contributed by atoms with Crippen LogP contribution in [0.1, 0.15) is 24.0 Å². The van der Waals surface area contributed by atoms with Gasteiger partial charge in [-0.3, -0.25) is 14.5 Å². The van der Waals surface area contributed by atoms with Gasteiger partial charge in [-0.1, -0.05) is 30.3 Å². The second-order valence-electron chi connectivity index (χ2n) is 6.96. The Hall–Kier alpha value is -3.35. The second-order valence-corrected chi connectivity index (χ2v) is 6.96. The van der Waals surface area contributed by atoms with Crippen LogP contribution >= 0.6 is 0 Å². The van der Waals surface area contributed by atoms with Gasteiger partial charge in [-0.25, -0.2) is 4.79 Å². The highest BCUT2D eigenvalue weighted by molar-refractivity contribution is 6.01. The van der Waals surface area contributed by atoms with Crippen LogP contribution in [-0.4, -0.2) is 35.4 Å². The van der Waals surface area contributed by atoms with Gasteiger partial charge in [0.1, 0.15) is 11.9 Å². The number of nitrogens with one attached hydrogen (secondary N) is 2. The number of ether oxygens (including phenoxy) is 1. The molecular formula is C21H21N3O4.